The van der Waals surface area contributed by atoms with Crippen LogP contribution in [0.4, 0.5) is 0 Å². The van der Waals surface area contributed by atoms with E-state index in [0.29, 0.717) is 33.9 Å². The Morgan fingerprint density at radius 1 is 1.05 bits per heavy atom. The molecule has 0 fully saturated rings. The summed E-state index contributed by atoms with van der Waals surface area (Å²) in [4.78, 5) is 32.0. The quantitative estimate of drug-likeness (QED) is 0.206. The minimum atomic E-state index is -0.447. The number of hydrogen-bond acceptors (Lipinski definition) is 7. The van der Waals surface area contributed by atoms with Gasteiger partial charge in [0, 0.05) is 10.4 Å². The molecule has 39 heavy (non-hydrogen) atoms. The first-order chi connectivity index (χ1) is 19.0. The maximum Gasteiger partial charge on any atom is 0.263 e. The van der Waals surface area contributed by atoms with Crippen LogP contribution in [-0.2, 0) is 17.9 Å². The van der Waals surface area contributed by atoms with E-state index in [1.807, 2.05) is 73.7 Å². The molecule has 1 N–H and O–H groups in total. The summed E-state index contributed by atoms with van der Waals surface area (Å²) in [5.41, 5.74) is 5.77. The highest BCUT2D eigenvalue weighted by Crippen LogP contribution is 2.35. The van der Waals surface area contributed by atoms with E-state index >= 15 is 0 Å². The Balaban J connectivity index is 1.26. The van der Waals surface area contributed by atoms with Gasteiger partial charge in [-0.15, -0.1) is 11.3 Å². The zero-order chi connectivity index (χ0) is 27.2. The number of amides is 1. The second kappa shape index (κ2) is 11.7. The van der Waals surface area contributed by atoms with Crippen molar-refractivity contribution in [2.24, 2.45) is 5.10 Å². The van der Waals surface area contributed by atoms with Gasteiger partial charge in [0.25, 0.3) is 11.5 Å². The topological polar surface area (TPSA) is 94.8 Å². The molecule has 0 aliphatic carbocycles. The van der Waals surface area contributed by atoms with Crippen molar-refractivity contribution in [2.75, 3.05) is 7.11 Å². The third kappa shape index (κ3) is 5.89. The third-order valence-electron chi connectivity index (χ3n) is 6.06. The standard InChI is InChI=1S/C30H26N4O4S/c1-20-27(23-11-7-4-8-12-23)28-29(39-20)31-19-34(30(28)36)17-26(35)33-32-16-22-13-14-24(25(15-22)37-2)38-18-21-9-5-3-6-10-21/h3-16,19H,17-18H2,1-2H3,(H,33,35)/b32-16+. The number of nitrogens with zero attached hydrogens (tertiary/aromatic N) is 3. The number of nitrogens with one attached hydrogen (secondary N) is 1. The van der Waals surface area contributed by atoms with Crippen LogP contribution in [0.15, 0.2) is 95.1 Å². The highest BCUT2D eigenvalue weighted by molar-refractivity contribution is 7.19. The molecule has 0 saturated carbocycles. The largest absolute Gasteiger partial charge is 0.493 e. The van der Waals surface area contributed by atoms with Crippen molar-refractivity contribution in [3.63, 3.8) is 0 Å². The molecule has 3 aromatic carbocycles. The SMILES string of the molecule is COc1cc(/C=N/NC(=O)Cn2cnc3sc(C)c(-c4ccccc4)c3c2=O)ccc1OCc1ccccc1. The zero-order valence-electron chi connectivity index (χ0n) is 21.5. The van der Waals surface area contributed by atoms with Gasteiger partial charge < -0.3 is 9.47 Å². The predicted molar refractivity (Wildman–Crippen MR) is 154 cm³/mol. The molecule has 5 rings (SSSR count). The van der Waals surface area contributed by atoms with Gasteiger partial charge in [-0.3, -0.25) is 14.2 Å². The molecule has 0 unspecified atom stereocenters. The van der Waals surface area contributed by atoms with Crippen LogP contribution in [0.3, 0.4) is 0 Å². The van der Waals surface area contributed by atoms with Gasteiger partial charge in [0.1, 0.15) is 18.0 Å². The van der Waals surface area contributed by atoms with Crippen LogP contribution in [0.1, 0.15) is 16.0 Å². The van der Waals surface area contributed by atoms with Crippen LogP contribution in [0, 0.1) is 6.92 Å². The van der Waals surface area contributed by atoms with E-state index in [2.05, 4.69) is 15.5 Å². The summed E-state index contributed by atoms with van der Waals surface area (Å²) < 4.78 is 12.6. The van der Waals surface area contributed by atoms with E-state index in [-0.39, 0.29) is 12.1 Å². The highest BCUT2D eigenvalue weighted by Gasteiger charge is 2.17. The van der Waals surface area contributed by atoms with Gasteiger partial charge in [-0.2, -0.15) is 5.10 Å². The smallest absolute Gasteiger partial charge is 0.263 e. The number of benzene rings is 3. The Bertz CT molecular complexity index is 1700. The summed E-state index contributed by atoms with van der Waals surface area (Å²) in [5, 5.41) is 4.56. The number of aromatic nitrogens is 2. The summed E-state index contributed by atoms with van der Waals surface area (Å²) in [5.74, 6) is 0.702. The molecule has 0 atom stereocenters. The monoisotopic (exact) mass is 538 g/mol. The van der Waals surface area contributed by atoms with Crippen LogP contribution in [0.25, 0.3) is 21.3 Å². The van der Waals surface area contributed by atoms with Gasteiger partial charge in [-0.05, 0) is 41.8 Å². The minimum absolute atomic E-state index is 0.210. The normalized spacial score (nSPS) is 11.1. The third-order valence-corrected chi connectivity index (χ3v) is 7.07. The number of ether oxygens (including phenoxy) is 2. The van der Waals surface area contributed by atoms with Crippen LogP contribution in [0.5, 0.6) is 11.5 Å². The molecule has 0 bridgehead atoms. The zero-order valence-corrected chi connectivity index (χ0v) is 22.3. The van der Waals surface area contributed by atoms with Crippen LogP contribution >= 0.6 is 11.3 Å². The number of rotatable bonds is 9. The van der Waals surface area contributed by atoms with E-state index in [1.165, 1.54) is 28.4 Å². The molecule has 0 spiro atoms. The number of hydrazone groups is 1. The molecule has 8 nitrogen and oxygen atoms in total. The molecule has 196 valence electrons. The van der Waals surface area contributed by atoms with E-state index < -0.39 is 5.91 Å². The molecule has 0 aliphatic heterocycles. The van der Waals surface area contributed by atoms with Crippen molar-refractivity contribution in [3.05, 3.63) is 112 Å². The van der Waals surface area contributed by atoms with Gasteiger partial charge in [-0.25, -0.2) is 10.4 Å². The number of hydrogen-bond donors (Lipinski definition) is 1. The maximum atomic E-state index is 13.3. The first-order valence-electron chi connectivity index (χ1n) is 12.2. The van der Waals surface area contributed by atoms with Gasteiger partial charge in [0.05, 0.1) is 25.0 Å². The molecule has 0 radical (unpaired) electrons. The predicted octanol–water partition coefficient (Wildman–Crippen LogP) is 5.17. The summed E-state index contributed by atoms with van der Waals surface area (Å²) in [6, 6.07) is 24.9. The number of fused-ring (bicyclic) bond motifs is 1. The van der Waals surface area contributed by atoms with Gasteiger partial charge in [0.2, 0.25) is 0 Å². The molecular formula is C30H26N4O4S. The van der Waals surface area contributed by atoms with Crippen molar-refractivity contribution in [1.29, 1.82) is 0 Å². The van der Waals surface area contributed by atoms with E-state index in [9.17, 15) is 9.59 Å². The lowest BCUT2D eigenvalue weighted by atomic mass is 10.0. The van der Waals surface area contributed by atoms with E-state index in [1.54, 1.807) is 19.2 Å². The van der Waals surface area contributed by atoms with Gasteiger partial charge in [0.15, 0.2) is 11.5 Å². The fraction of sp³-hybridized carbons (Fsp3) is 0.133. The number of thiophene rings is 1. The van der Waals surface area contributed by atoms with Crippen molar-refractivity contribution in [1.82, 2.24) is 15.0 Å². The number of aryl methyl sites for hydroxylation is 1. The molecule has 1 amide bonds. The van der Waals surface area contributed by atoms with Crippen molar-refractivity contribution < 1.29 is 14.3 Å². The maximum absolute atomic E-state index is 13.3. The summed E-state index contributed by atoms with van der Waals surface area (Å²) in [7, 11) is 1.56. The molecule has 2 heterocycles. The minimum Gasteiger partial charge on any atom is -0.493 e. The highest BCUT2D eigenvalue weighted by atomic mass is 32.1. The Labute approximate surface area is 229 Å². The average Bonchev–Trinajstić information content (AvgIpc) is 3.31. The molecular weight excluding hydrogens is 512 g/mol. The molecule has 5 aromatic rings. The lowest BCUT2D eigenvalue weighted by Crippen LogP contribution is -2.30. The average molecular weight is 539 g/mol. The lowest BCUT2D eigenvalue weighted by Gasteiger charge is -2.11. The van der Waals surface area contributed by atoms with Gasteiger partial charge >= 0.3 is 0 Å². The Kier molecular flexibility index (Phi) is 7.79. The summed E-state index contributed by atoms with van der Waals surface area (Å²) in [6.45, 7) is 2.17. The number of carbonyl (C=O) groups is 1. The lowest BCUT2D eigenvalue weighted by molar-refractivity contribution is -0.121. The first kappa shape index (κ1) is 25.9. The Morgan fingerprint density at radius 2 is 1.79 bits per heavy atom. The summed E-state index contributed by atoms with van der Waals surface area (Å²) >= 11 is 1.46. The second-order valence-electron chi connectivity index (χ2n) is 8.73. The second-order valence-corrected chi connectivity index (χ2v) is 9.94. The van der Waals surface area contributed by atoms with Crippen LogP contribution in [-0.4, -0.2) is 28.8 Å². The van der Waals surface area contributed by atoms with E-state index in [0.717, 1.165) is 21.6 Å². The Hall–Kier alpha value is -4.76. The number of carbonyl (C=O) groups excluding carboxylic acids is 1. The van der Waals surface area contributed by atoms with Crippen molar-refractivity contribution in [3.8, 4) is 22.6 Å². The molecule has 0 saturated heterocycles. The molecule has 0 aliphatic rings. The van der Waals surface area contributed by atoms with Crippen molar-refractivity contribution >= 4 is 33.7 Å². The fourth-order valence-corrected chi connectivity index (χ4v) is 5.19. The summed E-state index contributed by atoms with van der Waals surface area (Å²) in [6.07, 6.45) is 2.90. The fourth-order valence-electron chi connectivity index (χ4n) is 4.19. The first-order valence-corrected chi connectivity index (χ1v) is 13.1. The van der Waals surface area contributed by atoms with Crippen molar-refractivity contribution in [2.45, 2.75) is 20.1 Å². The van der Waals surface area contributed by atoms with E-state index in [4.69, 9.17) is 9.47 Å². The van der Waals surface area contributed by atoms with Crippen LogP contribution < -0.4 is 20.5 Å². The molecule has 2 aromatic heterocycles. The van der Waals surface area contributed by atoms with Crippen LogP contribution in [0.2, 0.25) is 0 Å². The molecule has 9 heteroatoms. The Morgan fingerprint density at radius 3 is 2.54 bits per heavy atom. The number of methoxy groups -OCH3 is 1. The van der Waals surface area contributed by atoms with Gasteiger partial charge in [-0.1, -0.05) is 60.7 Å².